The van der Waals surface area contributed by atoms with E-state index in [1.807, 2.05) is 43.3 Å². The van der Waals surface area contributed by atoms with Gasteiger partial charge in [0.25, 0.3) is 0 Å². The minimum atomic E-state index is -1.02. The number of carbonyl (C=O) groups is 2. The quantitative estimate of drug-likeness (QED) is 0.732. The number of benzene rings is 2. The maximum absolute atomic E-state index is 12.5. The Balaban J connectivity index is 1.90. The Morgan fingerprint density at radius 3 is 2.44 bits per heavy atom. The molecule has 1 amide bonds. The highest BCUT2D eigenvalue weighted by molar-refractivity contribution is 5.76. The normalized spacial score (nSPS) is 11.5. The highest BCUT2D eigenvalue weighted by Crippen LogP contribution is 2.24. The molecule has 2 aromatic carbocycles. The molecule has 0 saturated heterocycles. The van der Waals surface area contributed by atoms with E-state index in [9.17, 15) is 9.59 Å². The van der Waals surface area contributed by atoms with E-state index in [1.165, 1.54) is 0 Å². The second-order valence-corrected chi connectivity index (χ2v) is 6.46. The molecule has 144 valence electrons. The lowest BCUT2D eigenvalue weighted by atomic mass is 9.97. The molecule has 6 nitrogen and oxygen atoms in total. The van der Waals surface area contributed by atoms with Crippen LogP contribution in [0.25, 0.3) is 0 Å². The van der Waals surface area contributed by atoms with Gasteiger partial charge in [-0.15, -0.1) is 0 Å². The van der Waals surface area contributed by atoms with Gasteiger partial charge in [-0.2, -0.15) is 0 Å². The van der Waals surface area contributed by atoms with Crippen LogP contribution < -0.4 is 9.47 Å². The number of carboxylic acids is 1. The summed E-state index contributed by atoms with van der Waals surface area (Å²) in [5.41, 5.74) is 2.01. The average molecular weight is 371 g/mol. The first kappa shape index (κ1) is 20.3. The van der Waals surface area contributed by atoms with Crippen molar-refractivity contribution in [2.75, 3.05) is 20.8 Å². The summed E-state index contributed by atoms with van der Waals surface area (Å²) >= 11 is 0. The van der Waals surface area contributed by atoms with Gasteiger partial charge in [-0.1, -0.05) is 31.2 Å². The van der Waals surface area contributed by atoms with E-state index < -0.39 is 5.97 Å². The molecule has 1 unspecified atom stereocenters. The summed E-state index contributed by atoms with van der Waals surface area (Å²) in [5, 5.41) is 8.62. The van der Waals surface area contributed by atoms with Crippen molar-refractivity contribution in [3.63, 3.8) is 0 Å². The van der Waals surface area contributed by atoms with Gasteiger partial charge in [-0.05, 0) is 41.3 Å². The Labute approximate surface area is 159 Å². The van der Waals surface area contributed by atoms with E-state index in [0.29, 0.717) is 18.7 Å². The topological polar surface area (TPSA) is 76.1 Å². The minimum absolute atomic E-state index is 0.0523. The van der Waals surface area contributed by atoms with Crippen LogP contribution in [0.2, 0.25) is 0 Å². The Hall–Kier alpha value is -3.02. The van der Waals surface area contributed by atoms with Crippen molar-refractivity contribution in [2.24, 2.45) is 0 Å². The van der Waals surface area contributed by atoms with Crippen LogP contribution in [-0.4, -0.2) is 42.6 Å². The van der Waals surface area contributed by atoms with Crippen LogP contribution in [0.4, 0.5) is 0 Å². The van der Waals surface area contributed by atoms with Gasteiger partial charge < -0.3 is 19.5 Å². The van der Waals surface area contributed by atoms with Crippen LogP contribution >= 0.6 is 0 Å². The first-order chi connectivity index (χ1) is 12.9. The molecule has 1 N–H and O–H groups in total. The summed E-state index contributed by atoms with van der Waals surface area (Å²) < 4.78 is 10.3. The molecule has 0 aliphatic carbocycles. The van der Waals surface area contributed by atoms with Crippen molar-refractivity contribution in [1.82, 2.24) is 4.90 Å². The highest BCUT2D eigenvalue weighted by atomic mass is 16.5. The summed E-state index contributed by atoms with van der Waals surface area (Å²) in [6.45, 7) is 2.12. The number of hydrogen-bond donors (Lipinski definition) is 1. The summed E-state index contributed by atoms with van der Waals surface area (Å²) in [6.07, 6.45) is 0.406. The van der Waals surface area contributed by atoms with Crippen LogP contribution in [0.3, 0.4) is 0 Å². The fourth-order valence-corrected chi connectivity index (χ4v) is 2.68. The highest BCUT2D eigenvalue weighted by Gasteiger charge is 2.16. The maximum atomic E-state index is 12.5. The number of carbonyl (C=O) groups excluding carboxylic acids is 1. The van der Waals surface area contributed by atoms with Crippen LogP contribution in [-0.2, 0) is 16.1 Å². The largest absolute Gasteiger partial charge is 0.497 e. The average Bonchev–Trinajstić information content (AvgIpc) is 2.67. The van der Waals surface area contributed by atoms with Gasteiger partial charge in [-0.3, -0.25) is 4.79 Å². The zero-order valence-corrected chi connectivity index (χ0v) is 15.8. The van der Waals surface area contributed by atoms with Crippen molar-refractivity contribution in [3.05, 3.63) is 59.7 Å². The predicted molar refractivity (Wildman–Crippen MR) is 102 cm³/mol. The molecule has 0 aliphatic heterocycles. The van der Waals surface area contributed by atoms with E-state index in [1.54, 1.807) is 31.2 Å². The number of amides is 1. The smallest absolute Gasteiger partial charge is 0.341 e. The fraction of sp³-hybridized carbons (Fsp3) is 0.333. The van der Waals surface area contributed by atoms with Crippen molar-refractivity contribution in [2.45, 2.75) is 25.8 Å². The van der Waals surface area contributed by atoms with E-state index in [2.05, 4.69) is 0 Å². The first-order valence-electron chi connectivity index (χ1n) is 8.70. The number of hydrogen-bond acceptors (Lipinski definition) is 4. The molecule has 2 aromatic rings. The maximum Gasteiger partial charge on any atom is 0.341 e. The van der Waals surface area contributed by atoms with Gasteiger partial charge in [-0.25, -0.2) is 4.79 Å². The van der Waals surface area contributed by atoms with Crippen LogP contribution in [0.15, 0.2) is 48.5 Å². The molecular weight excluding hydrogens is 346 g/mol. The summed E-state index contributed by atoms with van der Waals surface area (Å²) in [5.74, 6) is 0.389. The number of ether oxygens (including phenoxy) is 2. The summed E-state index contributed by atoms with van der Waals surface area (Å²) in [7, 11) is 3.40. The minimum Gasteiger partial charge on any atom is -0.497 e. The molecule has 1 atom stereocenters. The number of methoxy groups -OCH3 is 1. The molecule has 0 spiro atoms. The van der Waals surface area contributed by atoms with Crippen molar-refractivity contribution >= 4 is 11.9 Å². The third-order valence-electron chi connectivity index (χ3n) is 4.27. The number of aliphatic carboxylic acids is 1. The third kappa shape index (κ3) is 6.33. The number of nitrogens with zero attached hydrogens (tertiary/aromatic N) is 1. The second kappa shape index (κ2) is 9.62. The Kier molecular flexibility index (Phi) is 7.23. The Morgan fingerprint density at radius 1 is 1.11 bits per heavy atom. The van der Waals surface area contributed by atoms with Gasteiger partial charge in [0.2, 0.25) is 5.91 Å². The lowest BCUT2D eigenvalue weighted by Gasteiger charge is -2.20. The van der Waals surface area contributed by atoms with Gasteiger partial charge in [0.1, 0.15) is 11.5 Å². The van der Waals surface area contributed by atoms with Crippen LogP contribution in [0, 0.1) is 0 Å². The molecular formula is C21H25NO5. The molecule has 2 rings (SSSR count). The van der Waals surface area contributed by atoms with E-state index in [0.717, 1.165) is 16.9 Å². The predicted octanol–water partition coefficient (Wildman–Crippen LogP) is 3.31. The standard InChI is InChI=1S/C21H25NO5/c1-15(17-5-4-6-19(12-17)26-3)11-20(23)22(2)13-16-7-9-18(10-8-16)27-14-21(24)25/h4-10,12,15H,11,13-14H2,1-3H3,(H,24,25). The fourth-order valence-electron chi connectivity index (χ4n) is 2.68. The first-order valence-corrected chi connectivity index (χ1v) is 8.70. The van der Waals surface area contributed by atoms with Crippen LogP contribution in [0.1, 0.15) is 30.4 Å². The zero-order chi connectivity index (χ0) is 19.8. The molecule has 0 aromatic heterocycles. The monoisotopic (exact) mass is 371 g/mol. The van der Waals surface area contributed by atoms with Crippen molar-refractivity contribution < 1.29 is 24.2 Å². The number of rotatable bonds is 9. The van der Waals surface area contributed by atoms with Gasteiger partial charge in [0.05, 0.1) is 7.11 Å². The number of carboxylic acid groups (broad SMARTS) is 1. The lowest BCUT2D eigenvalue weighted by Crippen LogP contribution is -2.27. The van der Waals surface area contributed by atoms with E-state index >= 15 is 0 Å². The molecule has 0 aliphatic rings. The van der Waals surface area contributed by atoms with Gasteiger partial charge >= 0.3 is 5.97 Å². The van der Waals surface area contributed by atoms with Crippen LogP contribution in [0.5, 0.6) is 11.5 Å². The Morgan fingerprint density at radius 2 is 1.81 bits per heavy atom. The van der Waals surface area contributed by atoms with Gasteiger partial charge in [0.15, 0.2) is 6.61 Å². The van der Waals surface area contributed by atoms with Crippen molar-refractivity contribution in [3.8, 4) is 11.5 Å². The molecule has 0 saturated carbocycles. The molecule has 0 fully saturated rings. The SMILES string of the molecule is COc1cccc(C(C)CC(=O)N(C)Cc2ccc(OCC(=O)O)cc2)c1. The van der Waals surface area contributed by atoms with Gasteiger partial charge in [0, 0.05) is 20.0 Å². The summed E-state index contributed by atoms with van der Waals surface area (Å²) in [6, 6.07) is 14.8. The van der Waals surface area contributed by atoms with E-state index in [-0.39, 0.29) is 18.4 Å². The summed E-state index contributed by atoms with van der Waals surface area (Å²) in [4.78, 5) is 24.7. The Bertz CT molecular complexity index is 772. The zero-order valence-electron chi connectivity index (χ0n) is 15.8. The molecule has 0 heterocycles. The lowest BCUT2D eigenvalue weighted by molar-refractivity contribution is -0.139. The molecule has 27 heavy (non-hydrogen) atoms. The van der Waals surface area contributed by atoms with E-state index in [4.69, 9.17) is 14.6 Å². The molecule has 0 radical (unpaired) electrons. The molecule has 0 bridgehead atoms. The second-order valence-electron chi connectivity index (χ2n) is 6.46. The third-order valence-corrected chi connectivity index (χ3v) is 4.27. The molecule has 6 heteroatoms. The van der Waals surface area contributed by atoms with Crippen molar-refractivity contribution in [1.29, 1.82) is 0 Å².